The van der Waals surface area contributed by atoms with Crippen LogP contribution in [-0.4, -0.2) is 36.2 Å². The second-order valence-corrected chi connectivity index (χ2v) is 5.48. The Morgan fingerprint density at radius 3 is 2.67 bits per heavy atom. The first kappa shape index (κ1) is 16.1. The van der Waals surface area contributed by atoms with Gasteiger partial charge in [0, 0.05) is 23.5 Å². The van der Waals surface area contributed by atoms with Crippen molar-refractivity contribution in [1.29, 1.82) is 0 Å². The minimum absolute atomic E-state index is 0.285. The minimum atomic E-state index is -0.546. The zero-order valence-electron chi connectivity index (χ0n) is 13.7. The molecule has 1 atom stereocenters. The van der Waals surface area contributed by atoms with Gasteiger partial charge in [-0.15, -0.1) is 0 Å². The van der Waals surface area contributed by atoms with Gasteiger partial charge < -0.3 is 19.8 Å². The summed E-state index contributed by atoms with van der Waals surface area (Å²) in [5.74, 6) is -0.766. The molecule has 2 heterocycles. The highest BCUT2D eigenvalue weighted by Crippen LogP contribution is 2.31. The van der Waals surface area contributed by atoms with E-state index in [1.54, 1.807) is 20.0 Å². The van der Waals surface area contributed by atoms with E-state index in [1.165, 1.54) is 0 Å². The Hall–Kier alpha value is -2.76. The van der Waals surface area contributed by atoms with E-state index < -0.39 is 12.0 Å². The highest BCUT2D eigenvalue weighted by molar-refractivity contribution is 6.17. The van der Waals surface area contributed by atoms with Crippen molar-refractivity contribution < 1.29 is 19.1 Å². The van der Waals surface area contributed by atoms with Gasteiger partial charge in [-0.3, -0.25) is 0 Å². The maximum absolute atomic E-state index is 12.3. The molecule has 0 radical (unpaired) electrons. The van der Waals surface area contributed by atoms with Gasteiger partial charge in [0.05, 0.1) is 24.5 Å². The molecule has 1 aliphatic rings. The number of hydrogen-bond acceptors (Lipinski definition) is 5. The van der Waals surface area contributed by atoms with Crippen LogP contribution in [-0.2, 0) is 25.5 Å². The average molecular weight is 328 g/mol. The number of esters is 2. The van der Waals surface area contributed by atoms with Crippen molar-refractivity contribution in [1.82, 2.24) is 10.3 Å². The van der Waals surface area contributed by atoms with E-state index in [1.807, 2.05) is 24.3 Å². The Bertz CT molecular complexity index is 806. The minimum Gasteiger partial charge on any atom is -0.464 e. The normalized spacial score (nSPS) is 16.6. The number of carbonyl (C=O) groups excluding carboxylic acids is 2. The smallest absolute Gasteiger partial charge is 0.341 e. The Kier molecular flexibility index (Phi) is 4.55. The standard InChI is InChI=1S/C18H20N2O4/c1-3-23-17(21)13-10-19-15(18(22)24-4-2)9-12-11-7-5-6-8-14(11)20-16(12)13/h5-8,10,15,19-20H,3-4,9H2,1-2H3/t15-/m0/s1. The number of nitrogens with one attached hydrogen (secondary N) is 2. The van der Waals surface area contributed by atoms with Crippen LogP contribution in [0.25, 0.3) is 16.5 Å². The summed E-state index contributed by atoms with van der Waals surface area (Å²) in [4.78, 5) is 27.8. The zero-order chi connectivity index (χ0) is 17.1. The van der Waals surface area contributed by atoms with E-state index >= 15 is 0 Å². The summed E-state index contributed by atoms with van der Waals surface area (Å²) in [7, 11) is 0. The number of hydrogen-bond donors (Lipinski definition) is 2. The molecule has 0 unspecified atom stereocenters. The third-order valence-corrected chi connectivity index (χ3v) is 3.99. The second kappa shape index (κ2) is 6.78. The molecule has 1 aromatic carbocycles. The highest BCUT2D eigenvalue weighted by atomic mass is 16.5. The van der Waals surface area contributed by atoms with Crippen LogP contribution in [0.2, 0.25) is 0 Å². The van der Waals surface area contributed by atoms with Crippen molar-refractivity contribution in [3.8, 4) is 0 Å². The fraction of sp³-hybridized carbons (Fsp3) is 0.333. The SMILES string of the molecule is CCOC(=O)C1=CN[C@H](C(=O)OCC)Cc2c1[nH]c1ccccc21. The van der Waals surface area contributed by atoms with E-state index in [9.17, 15) is 9.59 Å². The molecule has 0 spiro atoms. The third kappa shape index (κ3) is 2.87. The predicted octanol–water partition coefficient (Wildman–Crippen LogP) is 2.15. The molecule has 3 rings (SSSR count). The van der Waals surface area contributed by atoms with Gasteiger partial charge in [0.2, 0.25) is 0 Å². The van der Waals surface area contributed by atoms with Gasteiger partial charge in [-0.05, 0) is 25.5 Å². The number of H-pyrrole nitrogens is 1. The van der Waals surface area contributed by atoms with Crippen LogP contribution in [0, 0.1) is 0 Å². The maximum Gasteiger partial charge on any atom is 0.341 e. The van der Waals surface area contributed by atoms with Crippen molar-refractivity contribution in [3.63, 3.8) is 0 Å². The lowest BCUT2D eigenvalue weighted by Crippen LogP contribution is -2.36. The fourth-order valence-electron chi connectivity index (χ4n) is 2.93. The van der Waals surface area contributed by atoms with Gasteiger partial charge in [-0.2, -0.15) is 0 Å². The molecule has 126 valence electrons. The first-order valence-electron chi connectivity index (χ1n) is 8.05. The largest absolute Gasteiger partial charge is 0.464 e. The molecule has 2 N–H and O–H groups in total. The quantitative estimate of drug-likeness (QED) is 0.841. The number of aromatic nitrogens is 1. The molecule has 1 aromatic heterocycles. The summed E-state index contributed by atoms with van der Waals surface area (Å²) < 4.78 is 10.3. The topological polar surface area (TPSA) is 80.4 Å². The van der Waals surface area contributed by atoms with E-state index in [0.29, 0.717) is 24.3 Å². The molecule has 0 aliphatic carbocycles. The van der Waals surface area contributed by atoms with Gasteiger partial charge >= 0.3 is 11.9 Å². The molecule has 0 saturated heterocycles. The summed E-state index contributed by atoms with van der Waals surface area (Å²) >= 11 is 0. The number of rotatable bonds is 4. The summed E-state index contributed by atoms with van der Waals surface area (Å²) in [6, 6.07) is 7.23. The molecule has 6 nitrogen and oxygen atoms in total. The van der Waals surface area contributed by atoms with Gasteiger partial charge in [0.25, 0.3) is 0 Å². The fourth-order valence-corrected chi connectivity index (χ4v) is 2.93. The molecule has 0 bridgehead atoms. The average Bonchev–Trinajstić information content (AvgIpc) is 2.81. The molecule has 1 aliphatic heterocycles. The van der Waals surface area contributed by atoms with E-state index in [2.05, 4.69) is 10.3 Å². The van der Waals surface area contributed by atoms with E-state index in [4.69, 9.17) is 9.47 Å². The molecule has 0 amide bonds. The van der Waals surface area contributed by atoms with Crippen LogP contribution in [0.4, 0.5) is 0 Å². The molecular weight excluding hydrogens is 308 g/mol. The summed E-state index contributed by atoms with van der Waals surface area (Å²) in [6.45, 7) is 4.13. The monoisotopic (exact) mass is 328 g/mol. The lowest BCUT2D eigenvalue weighted by molar-refractivity contribution is -0.145. The Morgan fingerprint density at radius 2 is 1.92 bits per heavy atom. The van der Waals surface area contributed by atoms with Crippen molar-refractivity contribution in [2.45, 2.75) is 26.3 Å². The Morgan fingerprint density at radius 1 is 1.17 bits per heavy atom. The van der Waals surface area contributed by atoms with Crippen LogP contribution in [0.15, 0.2) is 30.5 Å². The van der Waals surface area contributed by atoms with Gasteiger partial charge in [-0.25, -0.2) is 9.59 Å². The molecule has 0 saturated carbocycles. The second-order valence-electron chi connectivity index (χ2n) is 5.48. The maximum atomic E-state index is 12.3. The Balaban J connectivity index is 2.09. The van der Waals surface area contributed by atoms with Gasteiger partial charge in [0.1, 0.15) is 6.04 Å². The van der Waals surface area contributed by atoms with Crippen LogP contribution in [0.5, 0.6) is 0 Å². The first-order valence-corrected chi connectivity index (χ1v) is 8.05. The van der Waals surface area contributed by atoms with E-state index in [0.717, 1.165) is 16.5 Å². The number of para-hydroxylation sites is 1. The van der Waals surface area contributed by atoms with Crippen LogP contribution in [0.1, 0.15) is 25.1 Å². The predicted molar refractivity (Wildman–Crippen MR) is 90.2 cm³/mol. The first-order chi connectivity index (χ1) is 11.7. The van der Waals surface area contributed by atoms with Crippen molar-refractivity contribution in [2.24, 2.45) is 0 Å². The zero-order valence-corrected chi connectivity index (χ0v) is 13.7. The third-order valence-electron chi connectivity index (χ3n) is 3.99. The Labute approximate surface area is 139 Å². The summed E-state index contributed by atoms with van der Waals surface area (Å²) in [5.41, 5.74) is 2.90. The summed E-state index contributed by atoms with van der Waals surface area (Å²) in [5, 5.41) is 3.98. The van der Waals surface area contributed by atoms with E-state index in [-0.39, 0.29) is 12.6 Å². The van der Waals surface area contributed by atoms with Crippen molar-refractivity contribution in [3.05, 3.63) is 41.7 Å². The van der Waals surface area contributed by atoms with Crippen molar-refractivity contribution in [2.75, 3.05) is 13.2 Å². The number of ether oxygens (including phenoxy) is 2. The lowest BCUT2D eigenvalue weighted by Gasteiger charge is -2.14. The van der Waals surface area contributed by atoms with Crippen LogP contribution < -0.4 is 5.32 Å². The van der Waals surface area contributed by atoms with Gasteiger partial charge in [0.15, 0.2) is 0 Å². The van der Waals surface area contributed by atoms with Crippen molar-refractivity contribution >= 4 is 28.4 Å². The van der Waals surface area contributed by atoms with Crippen LogP contribution in [0.3, 0.4) is 0 Å². The molecule has 24 heavy (non-hydrogen) atoms. The highest BCUT2D eigenvalue weighted by Gasteiger charge is 2.29. The molecular formula is C18H20N2O4. The summed E-state index contributed by atoms with van der Waals surface area (Å²) in [6.07, 6.45) is 1.97. The van der Waals surface area contributed by atoms with Crippen LogP contribution >= 0.6 is 0 Å². The molecule has 2 aromatic rings. The molecule has 0 fully saturated rings. The van der Waals surface area contributed by atoms with Gasteiger partial charge in [-0.1, -0.05) is 18.2 Å². The number of aromatic amines is 1. The number of fused-ring (bicyclic) bond motifs is 3. The lowest BCUT2D eigenvalue weighted by atomic mass is 10.0. The molecule has 6 heteroatoms. The number of carbonyl (C=O) groups is 2. The number of benzene rings is 1.